The zero-order valence-electron chi connectivity index (χ0n) is 20.3. The summed E-state index contributed by atoms with van der Waals surface area (Å²) >= 11 is 0. The Morgan fingerprint density at radius 2 is 1.57 bits per heavy atom. The summed E-state index contributed by atoms with van der Waals surface area (Å²) in [5.74, 6) is 0.674. The fourth-order valence-corrected chi connectivity index (χ4v) is 5.04. The lowest BCUT2D eigenvalue weighted by Gasteiger charge is -2.40. The number of likely N-dealkylation sites (N-methyl/N-ethyl adjacent to an activating group) is 2. The number of carbonyl (C=O) groups excluding carboxylic acids is 2. The highest BCUT2D eigenvalue weighted by Gasteiger charge is 2.50. The molecule has 3 aliphatic heterocycles. The molecule has 3 amide bonds. The summed E-state index contributed by atoms with van der Waals surface area (Å²) in [7, 11) is 3.28. The highest BCUT2D eigenvalue weighted by atomic mass is 16.2. The van der Waals surface area contributed by atoms with Crippen LogP contribution >= 0.6 is 0 Å². The van der Waals surface area contributed by atoms with E-state index in [1.54, 1.807) is 19.0 Å². The molecule has 8 nitrogen and oxygen atoms in total. The number of fused-ring (bicyclic) bond motifs is 1. The van der Waals surface area contributed by atoms with Gasteiger partial charge in [-0.3, -0.25) is 14.6 Å². The second-order valence-electron chi connectivity index (χ2n) is 9.26. The second-order valence-corrected chi connectivity index (χ2v) is 9.26. The number of benzene rings is 2. The lowest BCUT2D eigenvalue weighted by Crippen LogP contribution is -2.64. The summed E-state index contributed by atoms with van der Waals surface area (Å²) in [5.41, 5.74) is 2.36. The standard InChI is InChI=1S/C27H32N6O2/c1-29-25-24(26(34)30(2)27(29)35)33(15-9-12-21-10-5-3-6-11-21)23(28-25)20-31-16-18-32(19-17-31)22-13-7-4-8-14-22/h3-14,24-25H,15-20H2,1-2H3/b12-9+. The minimum absolute atomic E-state index is 0.196. The molecule has 2 unspecified atom stereocenters. The molecular formula is C27H32N6O2. The first-order valence-electron chi connectivity index (χ1n) is 12.1. The Hall–Kier alpha value is -3.65. The first-order valence-corrected chi connectivity index (χ1v) is 12.1. The molecule has 5 rings (SSSR count). The molecule has 182 valence electrons. The number of rotatable bonds is 6. The van der Waals surface area contributed by atoms with Crippen molar-refractivity contribution in [3.8, 4) is 0 Å². The predicted molar refractivity (Wildman–Crippen MR) is 138 cm³/mol. The minimum Gasteiger partial charge on any atom is -0.369 e. The van der Waals surface area contributed by atoms with Crippen LogP contribution in [-0.4, -0.2) is 103 Å². The number of nitrogens with zero attached hydrogens (tertiary/aromatic N) is 6. The molecule has 0 aromatic heterocycles. The third kappa shape index (κ3) is 4.66. The maximum atomic E-state index is 13.2. The summed E-state index contributed by atoms with van der Waals surface area (Å²) in [6.45, 7) is 4.93. The lowest BCUT2D eigenvalue weighted by molar-refractivity contribution is -0.136. The van der Waals surface area contributed by atoms with Gasteiger partial charge in [-0.05, 0) is 17.7 Å². The number of anilines is 1. The van der Waals surface area contributed by atoms with Crippen molar-refractivity contribution in [3.05, 3.63) is 72.3 Å². The van der Waals surface area contributed by atoms with Gasteiger partial charge in [0.25, 0.3) is 5.91 Å². The van der Waals surface area contributed by atoms with Gasteiger partial charge < -0.3 is 14.7 Å². The van der Waals surface area contributed by atoms with Gasteiger partial charge in [-0.1, -0.05) is 60.7 Å². The first-order chi connectivity index (χ1) is 17.0. The lowest BCUT2D eigenvalue weighted by atomic mass is 10.1. The fourth-order valence-electron chi connectivity index (χ4n) is 5.04. The Labute approximate surface area is 206 Å². The molecule has 2 aromatic carbocycles. The van der Waals surface area contributed by atoms with Crippen molar-refractivity contribution >= 4 is 29.5 Å². The number of aliphatic imine (C=N–C) groups is 1. The van der Waals surface area contributed by atoms with E-state index < -0.39 is 12.2 Å². The van der Waals surface area contributed by atoms with Gasteiger partial charge in [0.2, 0.25) is 0 Å². The summed E-state index contributed by atoms with van der Waals surface area (Å²) in [6.07, 6.45) is 3.65. The Morgan fingerprint density at radius 1 is 0.914 bits per heavy atom. The Kier molecular flexibility index (Phi) is 6.55. The topological polar surface area (TPSA) is 62.7 Å². The van der Waals surface area contributed by atoms with Crippen LogP contribution in [0.15, 0.2) is 71.7 Å². The molecule has 8 heteroatoms. The van der Waals surface area contributed by atoms with Crippen LogP contribution in [0.3, 0.4) is 0 Å². The number of hydrogen-bond donors (Lipinski definition) is 0. The number of imide groups is 1. The van der Waals surface area contributed by atoms with Crippen LogP contribution in [0.5, 0.6) is 0 Å². The molecule has 0 saturated carbocycles. The molecule has 35 heavy (non-hydrogen) atoms. The van der Waals surface area contributed by atoms with Crippen LogP contribution in [-0.2, 0) is 4.79 Å². The van der Waals surface area contributed by atoms with Gasteiger partial charge in [0.15, 0.2) is 12.2 Å². The molecule has 0 aliphatic carbocycles. The minimum atomic E-state index is -0.497. The second kappa shape index (κ2) is 9.92. The monoisotopic (exact) mass is 472 g/mol. The van der Waals surface area contributed by atoms with Crippen molar-refractivity contribution in [1.29, 1.82) is 0 Å². The smallest absolute Gasteiger partial charge is 0.328 e. The number of amides is 3. The largest absolute Gasteiger partial charge is 0.369 e. The van der Waals surface area contributed by atoms with Crippen LogP contribution in [0.1, 0.15) is 5.56 Å². The Balaban J connectivity index is 1.31. The molecule has 2 saturated heterocycles. The quantitative estimate of drug-likeness (QED) is 0.646. The van der Waals surface area contributed by atoms with Gasteiger partial charge in [0.05, 0.1) is 6.54 Å². The average Bonchev–Trinajstić information content (AvgIpc) is 3.26. The van der Waals surface area contributed by atoms with E-state index in [1.807, 2.05) is 24.3 Å². The maximum absolute atomic E-state index is 13.2. The Bertz CT molecular complexity index is 1110. The van der Waals surface area contributed by atoms with Crippen LogP contribution in [0.2, 0.25) is 0 Å². The summed E-state index contributed by atoms with van der Waals surface area (Å²) in [6, 6.07) is 19.8. The molecule has 2 atom stereocenters. The van der Waals surface area contributed by atoms with Gasteiger partial charge in [0, 0.05) is 52.5 Å². The number of carbonyl (C=O) groups is 2. The highest BCUT2D eigenvalue weighted by Crippen LogP contribution is 2.28. The normalized spacial score (nSPS) is 23.3. The van der Waals surface area contributed by atoms with Gasteiger partial charge >= 0.3 is 6.03 Å². The molecule has 0 radical (unpaired) electrons. The van der Waals surface area contributed by atoms with E-state index in [0.29, 0.717) is 13.1 Å². The number of urea groups is 1. The van der Waals surface area contributed by atoms with E-state index >= 15 is 0 Å². The highest BCUT2D eigenvalue weighted by molar-refractivity contribution is 6.04. The summed E-state index contributed by atoms with van der Waals surface area (Å²) in [4.78, 5) is 40.3. The van der Waals surface area contributed by atoms with Crippen LogP contribution < -0.4 is 4.90 Å². The van der Waals surface area contributed by atoms with E-state index in [4.69, 9.17) is 4.99 Å². The summed E-state index contributed by atoms with van der Waals surface area (Å²) < 4.78 is 0. The molecule has 3 aliphatic rings. The zero-order chi connectivity index (χ0) is 24.4. The van der Waals surface area contributed by atoms with Gasteiger partial charge in [-0.25, -0.2) is 9.79 Å². The number of hydrogen-bond acceptors (Lipinski definition) is 6. The van der Waals surface area contributed by atoms with Crippen molar-refractivity contribution < 1.29 is 9.59 Å². The third-order valence-electron chi connectivity index (χ3n) is 7.07. The van der Waals surface area contributed by atoms with E-state index in [2.05, 4.69) is 63.2 Å². The SMILES string of the molecule is CN1C(=O)C2C(N=C(CN3CCN(c4ccccc4)CC3)N2C/C=C/c2ccccc2)N(C)C1=O. The van der Waals surface area contributed by atoms with Crippen LogP contribution in [0.4, 0.5) is 10.5 Å². The van der Waals surface area contributed by atoms with Crippen LogP contribution in [0, 0.1) is 0 Å². The number of para-hydroxylation sites is 1. The molecular weight excluding hydrogens is 440 g/mol. The van der Waals surface area contributed by atoms with Crippen molar-refractivity contribution in [2.45, 2.75) is 12.2 Å². The predicted octanol–water partition coefficient (Wildman–Crippen LogP) is 2.45. The fraction of sp³-hybridized carbons (Fsp3) is 0.370. The first kappa shape index (κ1) is 23.1. The van der Waals surface area contributed by atoms with Crippen LogP contribution in [0.25, 0.3) is 6.08 Å². The maximum Gasteiger partial charge on any atom is 0.328 e. The summed E-state index contributed by atoms with van der Waals surface area (Å²) in [5, 5.41) is 0. The third-order valence-corrected chi connectivity index (χ3v) is 7.07. The molecule has 3 heterocycles. The van der Waals surface area contributed by atoms with Gasteiger partial charge in [-0.15, -0.1) is 0 Å². The number of amidine groups is 1. The van der Waals surface area contributed by atoms with E-state index in [9.17, 15) is 9.59 Å². The van der Waals surface area contributed by atoms with Gasteiger partial charge in [-0.2, -0.15) is 0 Å². The average molecular weight is 473 g/mol. The van der Waals surface area contributed by atoms with E-state index in [0.717, 1.165) is 37.6 Å². The van der Waals surface area contributed by atoms with Crippen molar-refractivity contribution in [3.63, 3.8) is 0 Å². The van der Waals surface area contributed by atoms with Crippen molar-refractivity contribution in [2.75, 3.05) is 58.3 Å². The van der Waals surface area contributed by atoms with Gasteiger partial charge in [0.1, 0.15) is 5.84 Å². The van der Waals surface area contributed by atoms with E-state index in [-0.39, 0.29) is 11.9 Å². The zero-order valence-corrected chi connectivity index (χ0v) is 20.3. The van der Waals surface area contributed by atoms with Crippen molar-refractivity contribution in [1.82, 2.24) is 19.6 Å². The van der Waals surface area contributed by atoms with Crippen molar-refractivity contribution in [2.24, 2.45) is 4.99 Å². The van der Waals surface area contributed by atoms with E-state index in [1.165, 1.54) is 10.6 Å². The molecule has 0 bridgehead atoms. The Morgan fingerprint density at radius 3 is 2.26 bits per heavy atom. The molecule has 0 spiro atoms. The number of piperazine rings is 1. The molecule has 0 N–H and O–H groups in total. The molecule has 2 fully saturated rings. The molecule has 2 aromatic rings.